The minimum absolute atomic E-state index is 0.0199. The topological polar surface area (TPSA) is 60.2 Å². The minimum atomic E-state index is -2.92. The third kappa shape index (κ3) is 4.01. The minimum Gasteiger partial charge on any atom is -0.326 e. The van der Waals surface area contributed by atoms with E-state index in [2.05, 4.69) is 0 Å². The summed E-state index contributed by atoms with van der Waals surface area (Å²) in [5.41, 5.74) is 7.59. The van der Waals surface area contributed by atoms with E-state index in [0.717, 1.165) is 11.1 Å². The highest BCUT2D eigenvalue weighted by Crippen LogP contribution is 2.18. The van der Waals surface area contributed by atoms with Gasteiger partial charge in [0.2, 0.25) is 0 Å². The van der Waals surface area contributed by atoms with Crippen molar-refractivity contribution in [2.75, 3.05) is 12.0 Å². The van der Waals surface area contributed by atoms with Crippen LogP contribution in [0.1, 0.15) is 24.0 Å². The van der Waals surface area contributed by atoms with Crippen LogP contribution >= 0.6 is 0 Å². The van der Waals surface area contributed by atoms with E-state index >= 15 is 0 Å². The Labute approximate surface area is 91.2 Å². The van der Waals surface area contributed by atoms with E-state index in [1.54, 1.807) is 0 Å². The van der Waals surface area contributed by atoms with Crippen LogP contribution in [0.3, 0.4) is 0 Å². The molecule has 0 amide bonds. The standard InChI is InChI=1S/C11H17NO2S/c1-9(8-15(2,13)14)11-5-3-4-10(6-11)7-12/h3-6,9H,7-8,12H2,1-2H3. The first-order valence-electron chi connectivity index (χ1n) is 4.89. The van der Waals surface area contributed by atoms with Crippen LogP contribution in [0.15, 0.2) is 24.3 Å². The summed E-state index contributed by atoms with van der Waals surface area (Å²) in [6.07, 6.45) is 1.26. The molecule has 15 heavy (non-hydrogen) atoms. The van der Waals surface area contributed by atoms with Gasteiger partial charge in [-0.15, -0.1) is 0 Å². The molecule has 1 aromatic carbocycles. The first-order valence-corrected chi connectivity index (χ1v) is 6.95. The number of rotatable bonds is 4. The molecule has 0 saturated heterocycles. The van der Waals surface area contributed by atoms with Crippen molar-refractivity contribution >= 4 is 9.84 Å². The lowest BCUT2D eigenvalue weighted by Gasteiger charge is -2.11. The van der Waals surface area contributed by atoms with Crippen molar-refractivity contribution < 1.29 is 8.42 Å². The lowest BCUT2D eigenvalue weighted by Crippen LogP contribution is -2.11. The van der Waals surface area contributed by atoms with E-state index in [-0.39, 0.29) is 11.7 Å². The molecule has 0 bridgehead atoms. The summed E-state index contributed by atoms with van der Waals surface area (Å²) in [7, 11) is -2.92. The first kappa shape index (κ1) is 12.2. The lowest BCUT2D eigenvalue weighted by molar-refractivity contribution is 0.596. The van der Waals surface area contributed by atoms with Gasteiger partial charge in [-0.05, 0) is 17.0 Å². The fraction of sp³-hybridized carbons (Fsp3) is 0.455. The van der Waals surface area contributed by atoms with Gasteiger partial charge in [0.15, 0.2) is 0 Å². The van der Waals surface area contributed by atoms with Crippen LogP contribution in [0.5, 0.6) is 0 Å². The Bertz CT molecular complexity index is 426. The quantitative estimate of drug-likeness (QED) is 0.843. The predicted octanol–water partition coefficient (Wildman–Crippen LogP) is 1.29. The van der Waals surface area contributed by atoms with E-state index in [1.165, 1.54) is 6.26 Å². The van der Waals surface area contributed by atoms with Crippen LogP contribution in [0.2, 0.25) is 0 Å². The molecule has 0 spiro atoms. The van der Waals surface area contributed by atoms with Gasteiger partial charge in [-0.2, -0.15) is 0 Å². The van der Waals surface area contributed by atoms with Crippen LogP contribution in [-0.4, -0.2) is 20.4 Å². The highest BCUT2D eigenvalue weighted by atomic mass is 32.2. The molecule has 0 heterocycles. The summed E-state index contributed by atoms with van der Waals surface area (Å²) >= 11 is 0. The van der Waals surface area contributed by atoms with Gasteiger partial charge in [0.1, 0.15) is 9.84 Å². The second kappa shape index (κ2) is 4.77. The zero-order valence-electron chi connectivity index (χ0n) is 9.10. The molecule has 84 valence electrons. The van der Waals surface area contributed by atoms with Crippen molar-refractivity contribution in [2.24, 2.45) is 5.73 Å². The Morgan fingerprint density at radius 1 is 1.40 bits per heavy atom. The van der Waals surface area contributed by atoms with E-state index in [4.69, 9.17) is 5.73 Å². The monoisotopic (exact) mass is 227 g/mol. The molecule has 0 aliphatic carbocycles. The van der Waals surface area contributed by atoms with E-state index in [0.29, 0.717) is 6.54 Å². The Morgan fingerprint density at radius 2 is 2.07 bits per heavy atom. The molecule has 0 aliphatic rings. The largest absolute Gasteiger partial charge is 0.326 e. The second-order valence-electron chi connectivity index (χ2n) is 3.94. The van der Waals surface area contributed by atoms with Crippen molar-refractivity contribution in [2.45, 2.75) is 19.4 Å². The molecule has 0 saturated carbocycles. The van der Waals surface area contributed by atoms with E-state index < -0.39 is 9.84 Å². The van der Waals surface area contributed by atoms with Crippen LogP contribution < -0.4 is 5.73 Å². The van der Waals surface area contributed by atoms with Gasteiger partial charge in [-0.3, -0.25) is 0 Å². The Kier molecular flexibility index (Phi) is 3.88. The molecule has 0 radical (unpaired) electrons. The Hall–Kier alpha value is -0.870. The first-order chi connectivity index (χ1) is 6.92. The molecule has 1 rings (SSSR count). The summed E-state index contributed by atoms with van der Waals surface area (Å²) in [6.45, 7) is 2.40. The predicted molar refractivity (Wildman–Crippen MR) is 62.5 cm³/mol. The average molecular weight is 227 g/mol. The lowest BCUT2D eigenvalue weighted by atomic mass is 10.0. The molecule has 1 aromatic rings. The van der Waals surface area contributed by atoms with Crippen LogP contribution in [0.25, 0.3) is 0 Å². The molecule has 0 fully saturated rings. The van der Waals surface area contributed by atoms with Gasteiger partial charge in [0, 0.05) is 12.8 Å². The number of benzene rings is 1. The van der Waals surface area contributed by atoms with Gasteiger partial charge >= 0.3 is 0 Å². The van der Waals surface area contributed by atoms with Crippen molar-refractivity contribution in [1.29, 1.82) is 0 Å². The van der Waals surface area contributed by atoms with Gasteiger partial charge in [-0.1, -0.05) is 31.2 Å². The summed E-state index contributed by atoms with van der Waals surface area (Å²) in [5, 5.41) is 0. The van der Waals surface area contributed by atoms with E-state index in [1.807, 2.05) is 31.2 Å². The molecule has 0 aromatic heterocycles. The molecular formula is C11H17NO2S. The molecule has 1 unspecified atom stereocenters. The van der Waals surface area contributed by atoms with Crippen molar-refractivity contribution in [3.05, 3.63) is 35.4 Å². The molecule has 1 atom stereocenters. The van der Waals surface area contributed by atoms with Crippen LogP contribution in [-0.2, 0) is 16.4 Å². The Balaban J connectivity index is 2.86. The maximum Gasteiger partial charge on any atom is 0.148 e. The molecule has 3 nitrogen and oxygen atoms in total. The number of nitrogens with two attached hydrogens (primary N) is 1. The average Bonchev–Trinajstić information content (AvgIpc) is 2.15. The molecule has 2 N–H and O–H groups in total. The van der Waals surface area contributed by atoms with Crippen LogP contribution in [0.4, 0.5) is 0 Å². The van der Waals surface area contributed by atoms with Crippen molar-refractivity contribution in [3.8, 4) is 0 Å². The van der Waals surface area contributed by atoms with Crippen molar-refractivity contribution in [3.63, 3.8) is 0 Å². The third-order valence-corrected chi connectivity index (χ3v) is 3.41. The molecular weight excluding hydrogens is 210 g/mol. The summed E-state index contributed by atoms with van der Waals surface area (Å²) in [6, 6.07) is 7.76. The normalized spacial score (nSPS) is 13.8. The summed E-state index contributed by atoms with van der Waals surface area (Å²) in [4.78, 5) is 0. The Morgan fingerprint density at radius 3 is 2.60 bits per heavy atom. The number of sulfone groups is 1. The fourth-order valence-corrected chi connectivity index (χ4v) is 2.68. The third-order valence-electron chi connectivity index (χ3n) is 2.31. The van der Waals surface area contributed by atoms with Crippen LogP contribution in [0, 0.1) is 0 Å². The SMILES string of the molecule is CC(CS(C)(=O)=O)c1cccc(CN)c1. The number of hydrogen-bond acceptors (Lipinski definition) is 3. The van der Waals surface area contributed by atoms with Gasteiger partial charge in [0.05, 0.1) is 5.75 Å². The van der Waals surface area contributed by atoms with Crippen molar-refractivity contribution in [1.82, 2.24) is 0 Å². The molecule has 4 heteroatoms. The maximum absolute atomic E-state index is 11.1. The maximum atomic E-state index is 11.1. The zero-order valence-corrected chi connectivity index (χ0v) is 9.92. The summed E-state index contributed by atoms with van der Waals surface area (Å²) in [5.74, 6) is 0.201. The zero-order chi connectivity index (χ0) is 11.5. The van der Waals surface area contributed by atoms with Gasteiger partial charge < -0.3 is 5.73 Å². The van der Waals surface area contributed by atoms with Gasteiger partial charge in [0.25, 0.3) is 0 Å². The fourth-order valence-electron chi connectivity index (χ4n) is 1.58. The highest BCUT2D eigenvalue weighted by Gasteiger charge is 2.12. The molecule has 0 aliphatic heterocycles. The van der Waals surface area contributed by atoms with Gasteiger partial charge in [-0.25, -0.2) is 8.42 Å². The van der Waals surface area contributed by atoms with E-state index in [9.17, 15) is 8.42 Å². The second-order valence-corrected chi connectivity index (χ2v) is 6.13. The number of hydrogen-bond donors (Lipinski definition) is 1. The highest BCUT2D eigenvalue weighted by molar-refractivity contribution is 7.90. The smallest absolute Gasteiger partial charge is 0.148 e. The summed E-state index contributed by atoms with van der Waals surface area (Å²) < 4.78 is 22.3.